The first-order chi connectivity index (χ1) is 9.83. The highest BCUT2D eigenvalue weighted by Gasteiger charge is 2.68. The lowest BCUT2D eigenvalue weighted by Crippen LogP contribution is -2.19. The maximum Gasteiger partial charge on any atom is 0.393 e. The molecule has 2 atom stereocenters. The summed E-state index contributed by atoms with van der Waals surface area (Å²) in [6.07, 6.45) is -4.66. The van der Waals surface area contributed by atoms with Crippen LogP contribution in [-0.2, 0) is 5.41 Å². The molecule has 0 aromatic heterocycles. The van der Waals surface area contributed by atoms with E-state index in [0.717, 1.165) is 0 Å². The summed E-state index contributed by atoms with van der Waals surface area (Å²) in [7, 11) is 4.14. The Morgan fingerprint density at radius 1 is 1.14 bits per heavy atom. The molecule has 1 saturated carbocycles. The Hall–Kier alpha value is -2.10. The highest BCUT2D eigenvalue weighted by atomic mass is 19.4. The summed E-state index contributed by atoms with van der Waals surface area (Å²) in [4.78, 5) is 0. The summed E-state index contributed by atoms with van der Waals surface area (Å²) >= 11 is 0. The van der Waals surface area contributed by atoms with Crippen molar-refractivity contribution in [3.8, 4) is 23.3 Å². The third-order valence-electron chi connectivity index (χ3n) is 3.74. The largest absolute Gasteiger partial charge is 0.493 e. The van der Waals surface area contributed by atoms with E-state index in [-0.39, 0.29) is 29.2 Å². The topological polar surface area (TPSA) is 51.5 Å². The van der Waals surface area contributed by atoms with Gasteiger partial charge in [0.2, 0.25) is 5.75 Å². The van der Waals surface area contributed by atoms with E-state index in [9.17, 15) is 18.4 Å². The fourth-order valence-corrected chi connectivity index (χ4v) is 2.50. The number of nitriles is 1. The Labute approximate surface area is 120 Å². The predicted octanol–water partition coefficient (Wildman–Crippen LogP) is 3.06. The molecule has 1 aromatic rings. The van der Waals surface area contributed by atoms with Crippen molar-refractivity contribution in [1.29, 1.82) is 5.26 Å². The maximum atomic E-state index is 12.9. The van der Waals surface area contributed by atoms with Crippen LogP contribution in [0.15, 0.2) is 12.1 Å². The first-order valence-electron chi connectivity index (χ1n) is 6.12. The van der Waals surface area contributed by atoms with Gasteiger partial charge < -0.3 is 14.2 Å². The Morgan fingerprint density at radius 2 is 1.67 bits per heavy atom. The van der Waals surface area contributed by atoms with Crippen molar-refractivity contribution in [3.05, 3.63) is 17.7 Å². The zero-order valence-corrected chi connectivity index (χ0v) is 11.7. The van der Waals surface area contributed by atoms with E-state index >= 15 is 0 Å². The number of hydrogen-bond donors (Lipinski definition) is 0. The molecule has 0 unspecified atom stereocenters. The maximum absolute atomic E-state index is 12.9. The van der Waals surface area contributed by atoms with E-state index in [1.165, 1.54) is 33.5 Å². The second-order valence-corrected chi connectivity index (χ2v) is 4.80. The van der Waals surface area contributed by atoms with Gasteiger partial charge in [-0.3, -0.25) is 0 Å². The number of hydrogen-bond acceptors (Lipinski definition) is 4. The van der Waals surface area contributed by atoms with Crippen LogP contribution in [0.1, 0.15) is 12.0 Å². The minimum atomic E-state index is -4.41. The molecule has 0 N–H and O–H groups in total. The van der Waals surface area contributed by atoms with E-state index in [1.807, 2.05) is 0 Å². The lowest BCUT2D eigenvalue weighted by molar-refractivity contribution is -0.150. The van der Waals surface area contributed by atoms with E-state index in [4.69, 9.17) is 14.2 Å². The van der Waals surface area contributed by atoms with Crippen LogP contribution >= 0.6 is 0 Å². The van der Waals surface area contributed by atoms with Gasteiger partial charge >= 0.3 is 6.18 Å². The van der Waals surface area contributed by atoms with Crippen molar-refractivity contribution in [3.63, 3.8) is 0 Å². The van der Waals surface area contributed by atoms with Gasteiger partial charge in [-0.05, 0) is 24.1 Å². The number of halogens is 3. The lowest BCUT2D eigenvalue weighted by Gasteiger charge is -2.17. The molecular formula is C14H14F3NO3. The van der Waals surface area contributed by atoms with E-state index in [1.54, 1.807) is 6.07 Å². The highest BCUT2D eigenvalue weighted by molar-refractivity contribution is 5.58. The monoisotopic (exact) mass is 301 g/mol. The normalized spacial score (nSPS) is 24.1. The smallest absolute Gasteiger partial charge is 0.393 e. The van der Waals surface area contributed by atoms with Gasteiger partial charge in [0.15, 0.2) is 11.5 Å². The average Bonchev–Trinajstić information content (AvgIpc) is 3.22. The molecule has 1 fully saturated rings. The molecule has 1 aliphatic rings. The molecule has 2 rings (SSSR count). The molecule has 114 valence electrons. The van der Waals surface area contributed by atoms with E-state index in [2.05, 4.69) is 0 Å². The van der Waals surface area contributed by atoms with Crippen LogP contribution in [0.25, 0.3) is 0 Å². The number of alkyl halides is 3. The fraction of sp³-hybridized carbons (Fsp3) is 0.500. The molecule has 0 saturated heterocycles. The minimum absolute atomic E-state index is 0.224. The van der Waals surface area contributed by atoms with Crippen molar-refractivity contribution in [1.82, 2.24) is 0 Å². The minimum Gasteiger partial charge on any atom is -0.493 e. The van der Waals surface area contributed by atoms with E-state index < -0.39 is 17.5 Å². The van der Waals surface area contributed by atoms with Gasteiger partial charge in [0.25, 0.3) is 0 Å². The van der Waals surface area contributed by atoms with Crippen LogP contribution < -0.4 is 14.2 Å². The van der Waals surface area contributed by atoms with Crippen molar-refractivity contribution in [2.24, 2.45) is 5.92 Å². The number of benzene rings is 1. The number of rotatable bonds is 4. The van der Waals surface area contributed by atoms with Crippen molar-refractivity contribution in [2.75, 3.05) is 21.3 Å². The zero-order valence-electron chi connectivity index (χ0n) is 11.7. The summed E-state index contributed by atoms with van der Waals surface area (Å²) < 4.78 is 54.0. The molecule has 0 radical (unpaired) electrons. The van der Waals surface area contributed by atoms with Crippen LogP contribution in [0.4, 0.5) is 13.2 Å². The molecule has 0 bridgehead atoms. The zero-order chi connectivity index (χ0) is 15.8. The third kappa shape index (κ3) is 2.35. The Bertz CT molecular complexity index is 569. The van der Waals surface area contributed by atoms with Crippen LogP contribution in [0.2, 0.25) is 0 Å². The van der Waals surface area contributed by atoms with Gasteiger partial charge in [-0.1, -0.05) is 0 Å². The molecule has 4 nitrogen and oxygen atoms in total. The second kappa shape index (κ2) is 5.02. The van der Waals surface area contributed by atoms with Crippen LogP contribution in [-0.4, -0.2) is 27.5 Å². The first-order valence-corrected chi connectivity index (χ1v) is 6.12. The highest BCUT2D eigenvalue weighted by Crippen LogP contribution is 2.62. The Kier molecular flexibility index (Phi) is 3.66. The summed E-state index contributed by atoms with van der Waals surface area (Å²) in [5.74, 6) is -0.928. The van der Waals surface area contributed by atoms with Gasteiger partial charge in [-0.25, -0.2) is 0 Å². The van der Waals surface area contributed by atoms with Gasteiger partial charge in [0, 0.05) is 0 Å². The molecule has 1 aliphatic carbocycles. The fourth-order valence-electron chi connectivity index (χ4n) is 2.50. The first kappa shape index (κ1) is 15.3. The van der Waals surface area contributed by atoms with Gasteiger partial charge in [-0.2, -0.15) is 18.4 Å². The predicted molar refractivity (Wildman–Crippen MR) is 67.6 cm³/mol. The number of methoxy groups -OCH3 is 3. The van der Waals surface area contributed by atoms with Crippen LogP contribution in [0.3, 0.4) is 0 Å². The second-order valence-electron chi connectivity index (χ2n) is 4.80. The molecule has 0 aliphatic heterocycles. The third-order valence-corrected chi connectivity index (χ3v) is 3.74. The van der Waals surface area contributed by atoms with E-state index in [0.29, 0.717) is 0 Å². The number of nitrogens with zero attached hydrogens (tertiary/aromatic N) is 1. The molecule has 1 aromatic carbocycles. The molecule has 7 heteroatoms. The van der Waals surface area contributed by atoms with Crippen molar-refractivity contribution < 1.29 is 27.4 Å². The Balaban J connectivity index is 2.53. The molecule has 0 amide bonds. The van der Waals surface area contributed by atoms with Gasteiger partial charge in [0.05, 0.1) is 38.7 Å². The average molecular weight is 301 g/mol. The van der Waals surface area contributed by atoms with Crippen LogP contribution in [0.5, 0.6) is 17.2 Å². The van der Waals surface area contributed by atoms with Gasteiger partial charge in [-0.15, -0.1) is 0 Å². The standard InChI is InChI=1S/C14H14F3NO3/c1-19-9-4-8(5-10(20-2)12(9)21-3)13(7-18)6-11(13)14(15,16)17/h4-5,11H,6H2,1-3H3/t11-,13-/m1/s1. The summed E-state index contributed by atoms with van der Waals surface area (Å²) in [5, 5.41) is 9.23. The SMILES string of the molecule is COc1cc([C@]2(C#N)C[C@H]2C(F)(F)F)cc(OC)c1OC. The summed E-state index contributed by atoms with van der Waals surface area (Å²) in [5.41, 5.74) is -1.35. The summed E-state index contributed by atoms with van der Waals surface area (Å²) in [6, 6.07) is 4.59. The molecular weight excluding hydrogens is 287 g/mol. The van der Waals surface area contributed by atoms with Crippen LogP contribution in [0, 0.1) is 17.2 Å². The van der Waals surface area contributed by atoms with Crippen molar-refractivity contribution in [2.45, 2.75) is 18.0 Å². The number of ether oxygens (including phenoxy) is 3. The van der Waals surface area contributed by atoms with Crippen molar-refractivity contribution >= 4 is 0 Å². The molecule has 21 heavy (non-hydrogen) atoms. The molecule has 0 spiro atoms. The quantitative estimate of drug-likeness (QED) is 0.857. The van der Waals surface area contributed by atoms with Gasteiger partial charge in [0.1, 0.15) is 0 Å². The summed E-state index contributed by atoms with van der Waals surface area (Å²) in [6.45, 7) is 0. The lowest BCUT2D eigenvalue weighted by atomic mass is 9.93. The molecule has 0 heterocycles. The Morgan fingerprint density at radius 3 is 1.95 bits per heavy atom.